The fourth-order valence-electron chi connectivity index (χ4n) is 2.96. The molecule has 0 saturated carbocycles. The van der Waals surface area contributed by atoms with Gasteiger partial charge in [0.1, 0.15) is 17.2 Å². The number of aryl methyl sites for hydroxylation is 1. The van der Waals surface area contributed by atoms with Crippen LogP contribution in [0.5, 0.6) is 17.2 Å². The molecule has 0 aliphatic rings. The number of carbonyl (C=O) groups is 1. The Bertz CT molecular complexity index is 1120. The molecule has 0 bridgehead atoms. The number of rotatable bonds is 10. The zero-order valence-electron chi connectivity index (χ0n) is 17.2. The fourth-order valence-corrected chi connectivity index (χ4v) is 3.41. The fraction of sp³-hybridized carbons (Fsp3) is 0.318. The minimum Gasteiger partial charge on any atom is -0.494 e. The van der Waals surface area contributed by atoms with E-state index in [9.17, 15) is 13.2 Å². The van der Waals surface area contributed by atoms with Gasteiger partial charge in [0, 0.05) is 23.6 Å². The Morgan fingerprint density at radius 2 is 1.67 bits per heavy atom. The lowest BCUT2D eigenvalue weighted by Crippen LogP contribution is -2.29. The third-order valence-corrected chi connectivity index (χ3v) is 4.79. The van der Waals surface area contributed by atoms with Gasteiger partial charge < -0.3 is 18.2 Å². The average molecular weight is 432 g/mol. The van der Waals surface area contributed by atoms with Crippen molar-refractivity contribution in [1.29, 1.82) is 0 Å². The van der Waals surface area contributed by atoms with Gasteiger partial charge in [-0.15, -0.1) is 0 Å². The highest BCUT2D eigenvalue weighted by molar-refractivity contribution is 7.86. The van der Waals surface area contributed by atoms with Crippen molar-refractivity contribution in [2.45, 2.75) is 32.4 Å². The molecule has 3 rings (SSSR count). The van der Waals surface area contributed by atoms with E-state index < -0.39 is 15.7 Å². The van der Waals surface area contributed by atoms with Gasteiger partial charge >= 0.3 is 10.1 Å². The highest BCUT2D eigenvalue weighted by Gasteiger charge is 2.18. The SMILES string of the molecule is CC(C)(C=O)Oc1ccc(OCCCn2ccc3cc(OS(C)(=O)=O)ccc32)cc1. The first-order chi connectivity index (χ1) is 14.1. The van der Waals surface area contributed by atoms with Crippen LogP contribution in [-0.4, -0.2) is 37.7 Å². The van der Waals surface area contributed by atoms with Crippen molar-refractivity contribution in [3.8, 4) is 17.2 Å². The van der Waals surface area contributed by atoms with E-state index in [4.69, 9.17) is 13.7 Å². The van der Waals surface area contributed by atoms with E-state index in [0.717, 1.165) is 42.2 Å². The van der Waals surface area contributed by atoms with Crippen molar-refractivity contribution >= 4 is 27.3 Å². The molecule has 3 aromatic rings. The van der Waals surface area contributed by atoms with Gasteiger partial charge in [-0.25, -0.2) is 0 Å². The van der Waals surface area contributed by atoms with Crippen molar-refractivity contribution in [2.75, 3.05) is 12.9 Å². The van der Waals surface area contributed by atoms with Crippen LogP contribution < -0.4 is 13.7 Å². The van der Waals surface area contributed by atoms with Crippen LogP contribution in [0.15, 0.2) is 54.7 Å². The summed E-state index contributed by atoms with van der Waals surface area (Å²) in [6.45, 7) is 4.70. The first-order valence-electron chi connectivity index (χ1n) is 9.52. The quantitative estimate of drug-likeness (QED) is 0.276. The summed E-state index contributed by atoms with van der Waals surface area (Å²) in [7, 11) is -3.54. The van der Waals surface area contributed by atoms with Gasteiger partial charge in [0.25, 0.3) is 0 Å². The highest BCUT2D eigenvalue weighted by Crippen LogP contribution is 2.24. The maximum absolute atomic E-state index is 11.3. The smallest absolute Gasteiger partial charge is 0.306 e. The third-order valence-electron chi connectivity index (χ3n) is 4.29. The van der Waals surface area contributed by atoms with Crippen LogP contribution in [0, 0.1) is 0 Å². The van der Waals surface area contributed by atoms with Gasteiger partial charge in [-0.2, -0.15) is 8.42 Å². The molecule has 0 aliphatic heterocycles. The number of benzene rings is 2. The van der Waals surface area contributed by atoms with Crippen LogP contribution in [0.2, 0.25) is 0 Å². The zero-order chi connectivity index (χ0) is 21.8. The van der Waals surface area contributed by atoms with E-state index in [1.54, 1.807) is 38.1 Å². The van der Waals surface area contributed by atoms with Crippen molar-refractivity contribution in [3.63, 3.8) is 0 Å². The number of nitrogens with zero attached hydrogens (tertiary/aromatic N) is 1. The highest BCUT2D eigenvalue weighted by atomic mass is 32.2. The number of carbonyl (C=O) groups excluding carboxylic acids is 1. The minimum absolute atomic E-state index is 0.301. The van der Waals surface area contributed by atoms with Gasteiger partial charge in [-0.3, -0.25) is 4.79 Å². The van der Waals surface area contributed by atoms with Gasteiger partial charge in [-0.1, -0.05) is 0 Å². The summed E-state index contributed by atoms with van der Waals surface area (Å²) >= 11 is 0. The standard InChI is InChI=1S/C22H25NO6S/c1-22(2,16-24)28-19-7-5-18(6-8-19)27-14-4-12-23-13-11-17-15-20(9-10-21(17)23)29-30(3,25)26/h5-11,13,15-16H,4,12,14H2,1-3H3. The summed E-state index contributed by atoms with van der Waals surface area (Å²) in [5.41, 5.74) is 0.134. The summed E-state index contributed by atoms with van der Waals surface area (Å²) in [6, 6.07) is 14.3. The molecule has 160 valence electrons. The molecule has 0 aliphatic carbocycles. The Morgan fingerprint density at radius 3 is 2.33 bits per heavy atom. The minimum atomic E-state index is -3.54. The lowest BCUT2D eigenvalue weighted by Gasteiger charge is -2.19. The monoisotopic (exact) mass is 431 g/mol. The van der Waals surface area contributed by atoms with E-state index in [0.29, 0.717) is 18.1 Å². The lowest BCUT2D eigenvalue weighted by atomic mass is 10.2. The van der Waals surface area contributed by atoms with Gasteiger partial charge in [0.2, 0.25) is 0 Å². The maximum atomic E-state index is 11.3. The van der Waals surface area contributed by atoms with Crippen LogP contribution in [0.3, 0.4) is 0 Å². The van der Waals surface area contributed by atoms with Crippen LogP contribution in [0.1, 0.15) is 20.3 Å². The van der Waals surface area contributed by atoms with Crippen LogP contribution in [0.25, 0.3) is 10.9 Å². The number of aldehydes is 1. The number of ether oxygens (including phenoxy) is 2. The number of fused-ring (bicyclic) bond motifs is 1. The molecule has 2 aromatic carbocycles. The Hall–Kier alpha value is -3.00. The second-order valence-corrected chi connectivity index (χ2v) is 9.09. The number of hydrogen-bond donors (Lipinski definition) is 0. The molecule has 7 nitrogen and oxygen atoms in total. The number of hydrogen-bond acceptors (Lipinski definition) is 6. The lowest BCUT2D eigenvalue weighted by molar-refractivity contribution is -0.118. The first kappa shape index (κ1) is 21.7. The Kier molecular flexibility index (Phi) is 6.36. The number of aromatic nitrogens is 1. The van der Waals surface area contributed by atoms with Crippen LogP contribution in [-0.2, 0) is 21.5 Å². The molecule has 0 atom stereocenters. The van der Waals surface area contributed by atoms with E-state index in [2.05, 4.69) is 4.57 Å². The topological polar surface area (TPSA) is 83.8 Å². The van der Waals surface area contributed by atoms with Crippen molar-refractivity contribution in [2.24, 2.45) is 0 Å². The van der Waals surface area contributed by atoms with Gasteiger partial charge in [0.05, 0.1) is 12.9 Å². The molecule has 30 heavy (non-hydrogen) atoms. The summed E-state index contributed by atoms with van der Waals surface area (Å²) in [5, 5.41) is 0.908. The van der Waals surface area contributed by atoms with E-state index in [-0.39, 0.29) is 0 Å². The first-order valence-corrected chi connectivity index (χ1v) is 11.3. The average Bonchev–Trinajstić information content (AvgIpc) is 3.07. The zero-order valence-corrected chi connectivity index (χ0v) is 18.0. The summed E-state index contributed by atoms with van der Waals surface area (Å²) in [6.07, 6.45) is 4.54. The van der Waals surface area contributed by atoms with Gasteiger partial charge in [-0.05, 0) is 68.8 Å². The van der Waals surface area contributed by atoms with Gasteiger partial charge in [0.15, 0.2) is 11.9 Å². The molecule has 0 amide bonds. The largest absolute Gasteiger partial charge is 0.494 e. The molecular formula is C22H25NO6S. The molecule has 0 unspecified atom stereocenters. The van der Waals surface area contributed by atoms with E-state index in [1.165, 1.54) is 0 Å². The predicted octanol–water partition coefficient (Wildman–Crippen LogP) is 3.81. The Balaban J connectivity index is 1.52. The Labute approximate surface area is 176 Å². The molecular weight excluding hydrogens is 406 g/mol. The normalized spacial score (nSPS) is 12.0. The van der Waals surface area contributed by atoms with Crippen molar-refractivity contribution < 1.29 is 26.9 Å². The summed E-state index contributed by atoms with van der Waals surface area (Å²) in [4.78, 5) is 10.9. The molecule has 0 saturated heterocycles. The molecule has 1 aromatic heterocycles. The van der Waals surface area contributed by atoms with Crippen LogP contribution >= 0.6 is 0 Å². The Morgan fingerprint density at radius 1 is 1.00 bits per heavy atom. The van der Waals surface area contributed by atoms with E-state index >= 15 is 0 Å². The predicted molar refractivity (Wildman–Crippen MR) is 115 cm³/mol. The molecule has 0 spiro atoms. The second-order valence-electron chi connectivity index (χ2n) is 7.51. The van der Waals surface area contributed by atoms with Crippen molar-refractivity contribution in [3.05, 3.63) is 54.7 Å². The maximum Gasteiger partial charge on any atom is 0.306 e. The molecule has 0 N–H and O–H groups in total. The molecule has 8 heteroatoms. The summed E-state index contributed by atoms with van der Waals surface area (Å²) in [5.74, 6) is 1.64. The van der Waals surface area contributed by atoms with E-state index in [1.807, 2.05) is 30.5 Å². The third kappa shape index (κ3) is 6.00. The molecule has 0 fully saturated rings. The second kappa shape index (κ2) is 8.79. The molecule has 1 heterocycles. The van der Waals surface area contributed by atoms with Crippen LogP contribution in [0.4, 0.5) is 0 Å². The summed E-state index contributed by atoms with van der Waals surface area (Å²) < 4.78 is 40.9. The van der Waals surface area contributed by atoms with Crippen molar-refractivity contribution in [1.82, 2.24) is 4.57 Å². The molecule has 0 radical (unpaired) electrons.